The fraction of sp³-hybridized carbons (Fsp3) is 0.312. The summed E-state index contributed by atoms with van der Waals surface area (Å²) >= 11 is 1.47. The third-order valence-electron chi connectivity index (χ3n) is 3.19. The first-order valence-electron chi connectivity index (χ1n) is 6.90. The summed E-state index contributed by atoms with van der Waals surface area (Å²) in [5, 5.41) is 17.7. The number of hydrogen-bond donors (Lipinski definition) is 3. The molecule has 2 amide bonds. The maximum Gasteiger partial charge on any atom is 0.314 e. The number of thiophene rings is 1. The Morgan fingerprint density at radius 1 is 1.19 bits per heavy atom. The van der Waals surface area contributed by atoms with E-state index in [0.29, 0.717) is 6.54 Å². The van der Waals surface area contributed by atoms with Gasteiger partial charge in [0.2, 0.25) is 0 Å². The average Bonchev–Trinajstić information content (AvgIpc) is 3.01. The number of amides is 2. The molecule has 0 spiro atoms. The van der Waals surface area contributed by atoms with Crippen molar-refractivity contribution in [3.8, 4) is 0 Å². The zero-order valence-electron chi connectivity index (χ0n) is 12.0. The van der Waals surface area contributed by atoms with Crippen molar-refractivity contribution in [2.24, 2.45) is 0 Å². The second-order valence-corrected chi connectivity index (χ2v) is 6.04. The Morgan fingerprint density at radius 2 is 1.95 bits per heavy atom. The molecule has 0 saturated heterocycles. The fourth-order valence-electron chi connectivity index (χ4n) is 1.95. The lowest BCUT2D eigenvalue weighted by molar-refractivity contribution is 0.0631. The normalized spacial score (nSPS) is 13.4. The Balaban J connectivity index is 1.70. The largest absolute Gasteiger partial charge is 0.383 e. The highest BCUT2D eigenvalue weighted by Gasteiger charge is 2.24. The lowest BCUT2D eigenvalue weighted by Crippen LogP contribution is -2.43. The van der Waals surface area contributed by atoms with Crippen molar-refractivity contribution in [2.75, 3.05) is 13.1 Å². The first kappa shape index (κ1) is 15.5. The number of nitrogens with one attached hydrogen (secondary N) is 2. The Hall–Kier alpha value is -1.85. The Kier molecular flexibility index (Phi) is 5.36. The van der Waals surface area contributed by atoms with Crippen molar-refractivity contribution < 1.29 is 9.90 Å². The van der Waals surface area contributed by atoms with Gasteiger partial charge < -0.3 is 15.7 Å². The van der Waals surface area contributed by atoms with Gasteiger partial charge in [-0.2, -0.15) is 0 Å². The predicted molar refractivity (Wildman–Crippen MR) is 85.4 cm³/mol. The van der Waals surface area contributed by atoms with E-state index in [-0.39, 0.29) is 12.6 Å². The van der Waals surface area contributed by atoms with Gasteiger partial charge in [-0.25, -0.2) is 4.79 Å². The molecule has 2 aromatic rings. The van der Waals surface area contributed by atoms with Crippen LogP contribution in [0, 0.1) is 0 Å². The third kappa shape index (κ3) is 4.88. The van der Waals surface area contributed by atoms with E-state index < -0.39 is 5.60 Å². The Bertz CT molecular complexity index is 553. The number of hydrogen-bond acceptors (Lipinski definition) is 3. The number of carbonyl (C=O) groups excluding carboxylic acids is 1. The van der Waals surface area contributed by atoms with Crippen LogP contribution >= 0.6 is 11.3 Å². The van der Waals surface area contributed by atoms with Gasteiger partial charge in [-0.3, -0.25) is 0 Å². The molecule has 1 unspecified atom stereocenters. The van der Waals surface area contributed by atoms with E-state index in [2.05, 4.69) is 10.6 Å². The highest BCUT2D eigenvalue weighted by molar-refractivity contribution is 7.10. The van der Waals surface area contributed by atoms with Gasteiger partial charge in [0.15, 0.2) is 0 Å². The molecule has 1 aromatic heterocycles. The van der Waals surface area contributed by atoms with Crippen LogP contribution in [-0.2, 0) is 12.0 Å². The molecule has 1 atom stereocenters. The van der Waals surface area contributed by atoms with Crippen LogP contribution in [0.2, 0.25) is 0 Å². The van der Waals surface area contributed by atoms with Crippen molar-refractivity contribution in [1.82, 2.24) is 10.6 Å². The summed E-state index contributed by atoms with van der Waals surface area (Å²) in [5.41, 5.74) is 0.147. The number of benzene rings is 1. The molecular formula is C16H20N2O2S. The first-order chi connectivity index (χ1) is 10.1. The van der Waals surface area contributed by atoms with Crippen LogP contribution < -0.4 is 10.6 Å². The van der Waals surface area contributed by atoms with Crippen molar-refractivity contribution in [3.05, 3.63) is 58.3 Å². The van der Waals surface area contributed by atoms with Gasteiger partial charge in [-0.05, 0) is 30.4 Å². The SMILES string of the molecule is CC(O)(CNC(=O)NCCc1ccccc1)c1cccs1. The van der Waals surface area contributed by atoms with Crippen LogP contribution in [0.5, 0.6) is 0 Å². The number of rotatable bonds is 6. The molecule has 0 bridgehead atoms. The smallest absolute Gasteiger partial charge is 0.314 e. The molecule has 1 heterocycles. The standard InChI is InChI=1S/C16H20N2O2S/c1-16(20,14-8-5-11-21-14)12-18-15(19)17-10-9-13-6-3-2-4-7-13/h2-8,11,20H,9-10,12H2,1H3,(H2,17,18,19). The summed E-state index contributed by atoms with van der Waals surface area (Å²) in [5.74, 6) is 0. The molecular weight excluding hydrogens is 284 g/mol. The van der Waals surface area contributed by atoms with E-state index in [9.17, 15) is 9.90 Å². The maximum atomic E-state index is 11.7. The van der Waals surface area contributed by atoms with Gasteiger partial charge in [0.25, 0.3) is 0 Å². The molecule has 0 aliphatic heterocycles. The van der Waals surface area contributed by atoms with Gasteiger partial charge in [0.1, 0.15) is 5.60 Å². The highest BCUT2D eigenvalue weighted by Crippen LogP contribution is 2.24. The first-order valence-corrected chi connectivity index (χ1v) is 7.78. The minimum atomic E-state index is -1.04. The van der Waals surface area contributed by atoms with Crippen molar-refractivity contribution >= 4 is 17.4 Å². The molecule has 0 fully saturated rings. The summed E-state index contributed by atoms with van der Waals surface area (Å²) in [6.07, 6.45) is 0.787. The molecule has 4 nitrogen and oxygen atoms in total. The predicted octanol–water partition coefficient (Wildman–Crippen LogP) is 2.50. The summed E-state index contributed by atoms with van der Waals surface area (Å²) < 4.78 is 0. The van der Waals surface area contributed by atoms with Crippen LogP contribution in [0.4, 0.5) is 4.79 Å². The zero-order valence-corrected chi connectivity index (χ0v) is 12.8. The van der Waals surface area contributed by atoms with Crippen molar-refractivity contribution in [2.45, 2.75) is 18.9 Å². The van der Waals surface area contributed by atoms with Gasteiger partial charge in [0, 0.05) is 11.4 Å². The monoisotopic (exact) mass is 304 g/mol. The highest BCUT2D eigenvalue weighted by atomic mass is 32.1. The molecule has 5 heteroatoms. The van der Waals surface area contributed by atoms with Gasteiger partial charge >= 0.3 is 6.03 Å². The van der Waals surface area contributed by atoms with Crippen LogP contribution in [0.25, 0.3) is 0 Å². The van der Waals surface area contributed by atoms with Crippen molar-refractivity contribution in [1.29, 1.82) is 0 Å². The van der Waals surface area contributed by atoms with Crippen molar-refractivity contribution in [3.63, 3.8) is 0 Å². The minimum absolute atomic E-state index is 0.185. The number of urea groups is 1. The topological polar surface area (TPSA) is 61.4 Å². The Morgan fingerprint density at radius 3 is 2.62 bits per heavy atom. The van der Waals surface area contributed by atoms with E-state index >= 15 is 0 Å². The van der Waals surface area contributed by atoms with E-state index in [1.807, 2.05) is 47.8 Å². The second-order valence-electron chi connectivity index (χ2n) is 5.10. The molecule has 112 valence electrons. The lowest BCUT2D eigenvalue weighted by atomic mass is 10.1. The summed E-state index contributed by atoms with van der Waals surface area (Å²) in [6, 6.07) is 13.5. The van der Waals surface area contributed by atoms with Gasteiger partial charge in [-0.15, -0.1) is 11.3 Å². The molecule has 0 radical (unpaired) electrons. The van der Waals surface area contributed by atoms with Gasteiger partial charge in [-0.1, -0.05) is 36.4 Å². The molecule has 1 aromatic carbocycles. The van der Waals surface area contributed by atoms with E-state index in [4.69, 9.17) is 0 Å². The maximum absolute atomic E-state index is 11.7. The van der Waals surface area contributed by atoms with Gasteiger partial charge in [0.05, 0.1) is 6.54 Å². The van der Waals surface area contributed by atoms with E-state index in [1.165, 1.54) is 16.9 Å². The zero-order chi connectivity index (χ0) is 15.1. The minimum Gasteiger partial charge on any atom is -0.383 e. The number of aliphatic hydroxyl groups is 1. The Labute approximate surface area is 128 Å². The number of carbonyl (C=O) groups is 1. The molecule has 0 saturated carbocycles. The second kappa shape index (κ2) is 7.24. The molecule has 0 aliphatic carbocycles. The third-order valence-corrected chi connectivity index (χ3v) is 4.31. The molecule has 2 rings (SSSR count). The van der Waals surface area contributed by atoms with Crippen LogP contribution in [0.1, 0.15) is 17.4 Å². The summed E-state index contributed by atoms with van der Waals surface area (Å²) in [6.45, 7) is 2.45. The summed E-state index contributed by atoms with van der Waals surface area (Å²) in [7, 11) is 0. The average molecular weight is 304 g/mol. The fourth-order valence-corrected chi connectivity index (χ4v) is 2.74. The molecule has 3 N–H and O–H groups in total. The molecule has 0 aliphatic rings. The van der Waals surface area contributed by atoms with Crippen LogP contribution in [0.3, 0.4) is 0 Å². The van der Waals surface area contributed by atoms with Crippen LogP contribution in [-0.4, -0.2) is 24.2 Å². The summed E-state index contributed by atoms with van der Waals surface area (Å²) in [4.78, 5) is 12.6. The quantitative estimate of drug-likeness (QED) is 0.768. The van der Waals surface area contributed by atoms with Crippen LogP contribution in [0.15, 0.2) is 47.8 Å². The van der Waals surface area contributed by atoms with E-state index in [1.54, 1.807) is 6.92 Å². The molecule has 21 heavy (non-hydrogen) atoms. The van der Waals surface area contributed by atoms with E-state index in [0.717, 1.165) is 11.3 Å². The lowest BCUT2D eigenvalue weighted by Gasteiger charge is -2.22.